The number of rotatable bonds is 2. The number of carbonyl (C=O) groups excluding carboxylic acids is 3. The fraction of sp³-hybridized carbons (Fsp3) is 0.211. The van der Waals surface area contributed by atoms with Crippen molar-refractivity contribution in [2.24, 2.45) is 5.92 Å². The van der Waals surface area contributed by atoms with Crippen molar-refractivity contribution >= 4 is 33.7 Å². The summed E-state index contributed by atoms with van der Waals surface area (Å²) in [6.07, 6.45) is 0.113. The number of nitrogens with zero attached hydrogens (tertiary/aromatic N) is 1. The molecule has 0 unspecified atom stereocenters. The Morgan fingerprint density at radius 3 is 2.60 bits per heavy atom. The van der Waals surface area contributed by atoms with Gasteiger partial charge in [-0.3, -0.25) is 19.3 Å². The molecule has 2 atom stereocenters. The number of carbonyl (C=O) groups is 3. The van der Waals surface area contributed by atoms with Crippen LogP contribution in [0.3, 0.4) is 0 Å². The van der Waals surface area contributed by atoms with Crippen molar-refractivity contribution in [2.45, 2.75) is 18.9 Å². The number of likely N-dealkylation sites (tertiary alicyclic amines) is 1. The molecule has 0 spiro atoms. The lowest BCUT2D eigenvalue weighted by molar-refractivity contribution is -0.161. The van der Waals surface area contributed by atoms with Gasteiger partial charge in [0, 0.05) is 22.4 Å². The molecule has 2 aliphatic rings. The Bertz CT molecular complexity index is 880. The first-order valence-corrected chi connectivity index (χ1v) is 8.73. The Balaban J connectivity index is 1.68. The highest BCUT2D eigenvalue weighted by Gasteiger charge is 2.50. The molecule has 2 aromatic rings. The molecule has 2 amide bonds. The fourth-order valence-corrected chi connectivity index (χ4v) is 3.82. The van der Waals surface area contributed by atoms with Gasteiger partial charge in [-0.25, -0.2) is 0 Å². The van der Waals surface area contributed by atoms with E-state index in [4.69, 9.17) is 4.74 Å². The molecule has 1 fully saturated rings. The van der Waals surface area contributed by atoms with Gasteiger partial charge in [-0.05, 0) is 23.8 Å². The molecule has 6 heteroatoms. The summed E-state index contributed by atoms with van der Waals surface area (Å²) in [4.78, 5) is 39.0. The Labute approximate surface area is 152 Å². The van der Waals surface area contributed by atoms with Crippen LogP contribution in [0.5, 0.6) is 5.75 Å². The number of fused-ring (bicyclic) bond motifs is 3. The average Bonchev–Trinajstić information content (AvgIpc) is 2.60. The van der Waals surface area contributed by atoms with E-state index in [1.807, 2.05) is 36.4 Å². The van der Waals surface area contributed by atoms with Crippen LogP contribution in [0.25, 0.3) is 0 Å². The van der Waals surface area contributed by atoms with E-state index >= 15 is 0 Å². The standard InChI is InChI=1S/C19H14BrNO4/c20-12-6-7-15-13(8-12)14-9-16(22)21(10-11-4-2-1-3-5-11)18(23)17(14)19(24)25-15/h1-8,14,17H,9-10H2/t14-,17-/m0/s1. The van der Waals surface area contributed by atoms with E-state index in [0.717, 1.165) is 15.6 Å². The molecular weight excluding hydrogens is 386 g/mol. The average molecular weight is 400 g/mol. The second-order valence-electron chi connectivity index (χ2n) is 6.20. The maximum atomic E-state index is 12.9. The third-order valence-electron chi connectivity index (χ3n) is 4.65. The molecule has 2 aliphatic heterocycles. The molecule has 2 aromatic carbocycles. The zero-order valence-electron chi connectivity index (χ0n) is 13.1. The van der Waals surface area contributed by atoms with Gasteiger partial charge in [0.2, 0.25) is 11.8 Å². The van der Waals surface area contributed by atoms with Gasteiger partial charge in [0.25, 0.3) is 0 Å². The van der Waals surface area contributed by atoms with Crippen molar-refractivity contribution in [1.29, 1.82) is 0 Å². The minimum Gasteiger partial charge on any atom is -0.426 e. The number of hydrogen-bond donors (Lipinski definition) is 0. The van der Waals surface area contributed by atoms with Gasteiger partial charge < -0.3 is 4.74 Å². The third kappa shape index (κ3) is 2.76. The van der Waals surface area contributed by atoms with Crippen molar-refractivity contribution in [3.8, 4) is 5.75 Å². The summed E-state index contributed by atoms with van der Waals surface area (Å²) >= 11 is 3.39. The molecule has 0 aromatic heterocycles. The first-order chi connectivity index (χ1) is 12.0. The molecule has 25 heavy (non-hydrogen) atoms. The largest absolute Gasteiger partial charge is 0.426 e. The van der Waals surface area contributed by atoms with Gasteiger partial charge in [-0.2, -0.15) is 0 Å². The molecular formula is C19H14BrNO4. The highest BCUT2D eigenvalue weighted by atomic mass is 79.9. The van der Waals surface area contributed by atoms with Crippen LogP contribution >= 0.6 is 15.9 Å². The van der Waals surface area contributed by atoms with Crippen LogP contribution in [-0.2, 0) is 20.9 Å². The lowest BCUT2D eigenvalue weighted by Crippen LogP contribution is -2.52. The Morgan fingerprint density at radius 2 is 1.84 bits per heavy atom. The fourth-order valence-electron chi connectivity index (χ4n) is 3.44. The molecule has 0 aliphatic carbocycles. The van der Waals surface area contributed by atoms with Crippen LogP contribution in [0.1, 0.15) is 23.5 Å². The number of benzene rings is 2. The number of piperidine rings is 1. The van der Waals surface area contributed by atoms with Gasteiger partial charge in [0.15, 0.2) is 0 Å². The Morgan fingerprint density at radius 1 is 1.08 bits per heavy atom. The minimum absolute atomic E-state index is 0.113. The molecule has 126 valence electrons. The predicted octanol–water partition coefficient (Wildman–Crippen LogP) is 3.03. The SMILES string of the molecule is O=C1Oc2ccc(Br)cc2[C@@H]2CC(=O)N(Cc3ccccc3)C(=O)[C@@H]12. The molecule has 0 radical (unpaired) electrons. The number of imide groups is 1. The number of esters is 1. The highest BCUT2D eigenvalue weighted by molar-refractivity contribution is 9.10. The second-order valence-corrected chi connectivity index (χ2v) is 7.11. The van der Waals surface area contributed by atoms with Crippen LogP contribution in [0.4, 0.5) is 0 Å². The highest BCUT2D eigenvalue weighted by Crippen LogP contribution is 2.44. The van der Waals surface area contributed by atoms with Crippen molar-refractivity contribution in [3.05, 3.63) is 64.1 Å². The van der Waals surface area contributed by atoms with Gasteiger partial charge in [0.1, 0.15) is 11.7 Å². The minimum atomic E-state index is -0.969. The van der Waals surface area contributed by atoms with Crippen molar-refractivity contribution in [2.75, 3.05) is 0 Å². The first kappa shape index (κ1) is 16.0. The smallest absolute Gasteiger partial charge is 0.324 e. The maximum absolute atomic E-state index is 12.9. The van der Waals surface area contributed by atoms with Gasteiger partial charge >= 0.3 is 5.97 Å². The molecule has 0 N–H and O–H groups in total. The number of hydrogen-bond acceptors (Lipinski definition) is 4. The molecule has 0 saturated carbocycles. The van der Waals surface area contributed by atoms with Crippen LogP contribution in [0, 0.1) is 5.92 Å². The summed E-state index contributed by atoms with van der Waals surface area (Å²) in [5.41, 5.74) is 1.56. The van der Waals surface area contributed by atoms with Crippen LogP contribution < -0.4 is 4.74 Å². The summed E-state index contributed by atoms with van der Waals surface area (Å²) in [5.74, 6) is -2.36. The van der Waals surface area contributed by atoms with E-state index in [0.29, 0.717) is 5.75 Å². The zero-order valence-corrected chi connectivity index (χ0v) is 14.7. The summed E-state index contributed by atoms with van der Waals surface area (Å²) < 4.78 is 6.16. The second kappa shape index (κ2) is 6.11. The summed E-state index contributed by atoms with van der Waals surface area (Å²) in [6, 6.07) is 14.5. The molecule has 2 heterocycles. The van der Waals surface area contributed by atoms with E-state index in [1.165, 1.54) is 4.90 Å². The first-order valence-electron chi connectivity index (χ1n) is 7.94. The van der Waals surface area contributed by atoms with Gasteiger partial charge in [0.05, 0.1) is 6.54 Å². The van der Waals surface area contributed by atoms with Crippen molar-refractivity contribution < 1.29 is 19.1 Å². The van der Waals surface area contributed by atoms with Crippen molar-refractivity contribution in [1.82, 2.24) is 4.90 Å². The predicted molar refractivity (Wildman–Crippen MR) is 92.6 cm³/mol. The van der Waals surface area contributed by atoms with Crippen LogP contribution in [0.15, 0.2) is 53.0 Å². The number of amides is 2. The van der Waals surface area contributed by atoms with Crippen molar-refractivity contribution in [3.63, 3.8) is 0 Å². The third-order valence-corrected chi connectivity index (χ3v) is 5.14. The van der Waals surface area contributed by atoms with Crippen LogP contribution in [-0.4, -0.2) is 22.7 Å². The Kier molecular flexibility index (Phi) is 3.92. The topological polar surface area (TPSA) is 63.7 Å². The van der Waals surface area contributed by atoms with Gasteiger partial charge in [-0.15, -0.1) is 0 Å². The van der Waals surface area contributed by atoms with E-state index in [9.17, 15) is 14.4 Å². The van der Waals surface area contributed by atoms with Gasteiger partial charge in [-0.1, -0.05) is 46.3 Å². The number of halogens is 1. The normalized spacial score (nSPS) is 22.3. The quantitative estimate of drug-likeness (QED) is 0.337. The van der Waals surface area contributed by atoms with E-state index < -0.39 is 23.7 Å². The van der Waals surface area contributed by atoms with Crippen LogP contribution in [0.2, 0.25) is 0 Å². The summed E-state index contributed by atoms with van der Waals surface area (Å²) in [7, 11) is 0. The van der Waals surface area contributed by atoms with E-state index in [-0.39, 0.29) is 18.9 Å². The lowest BCUT2D eigenvalue weighted by Gasteiger charge is -2.38. The lowest BCUT2D eigenvalue weighted by atomic mass is 9.77. The molecule has 4 rings (SSSR count). The molecule has 0 bridgehead atoms. The molecule has 1 saturated heterocycles. The monoisotopic (exact) mass is 399 g/mol. The number of ether oxygens (including phenoxy) is 1. The summed E-state index contributed by atoms with van der Waals surface area (Å²) in [5, 5.41) is 0. The summed E-state index contributed by atoms with van der Waals surface area (Å²) in [6.45, 7) is 0.167. The van der Waals surface area contributed by atoms with E-state index in [1.54, 1.807) is 12.1 Å². The Hall–Kier alpha value is -2.47. The maximum Gasteiger partial charge on any atom is 0.324 e. The zero-order chi connectivity index (χ0) is 17.6. The molecule has 5 nitrogen and oxygen atoms in total. The van der Waals surface area contributed by atoms with E-state index in [2.05, 4.69) is 15.9 Å².